The number of aromatic nitrogens is 2. The lowest BCUT2D eigenvalue weighted by atomic mass is 10.0. The second-order valence-electron chi connectivity index (χ2n) is 5.13. The lowest BCUT2D eigenvalue weighted by molar-refractivity contribution is 0.262. The average Bonchev–Trinajstić information content (AvgIpc) is 2.54. The van der Waals surface area contributed by atoms with Crippen molar-refractivity contribution in [2.24, 2.45) is 0 Å². The third-order valence-corrected chi connectivity index (χ3v) is 3.16. The van der Waals surface area contributed by atoms with Gasteiger partial charge in [0.25, 0.3) is 0 Å². The van der Waals surface area contributed by atoms with E-state index in [9.17, 15) is 4.79 Å². The fourth-order valence-corrected chi connectivity index (χ4v) is 1.88. The van der Waals surface area contributed by atoms with Gasteiger partial charge in [0.05, 0.1) is 20.3 Å². The highest BCUT2D eigenvalue weighted by molar-refractivity contribution is 5.98. The van der Waals surface area contributed by atoms with Crippen molar-refractivity contribution >= 4 is 17.7 Å². The molecule has 7 heteroatoms. The molecule has 23 heavy (non-hydrogen) atoms. The molecule has 0 aliphatic rings. The van der Waals surface area contributed by atoms with E-state index in [0.717, 1.165) is 0 Å². The molecule has 1 aromatic carbocycles. The standard InChI is InChI=1S/C16H20N4O3/c1-10(2)11-5-7-12(8-6-11)17-16(21)20-15-18-13(22-3)9-14(19-15)23-4/h5-10H,1-4H3,(H2,17,18,19,20,21). The molecule has 0 bridgehead atoms. The number of anilines is 2. The van der Waals surface area contributed by atoms with Gasteiger partial charge in [-0.25, -0.2) is 4.79 Å². The summed E-state index contributed by atoms with van der Waals surface area (Å²) in [6, 6.07) is 8.73. The van der Waals surface area contributed by atoms with Crippen molar-refractivity contribution in [1.82, 2.24) is 9.97 Å². The normalized spacial score (nSPS) is 10.3. The zero-order valence-corrected chi connectivity index (χ0v) is 13.6. The molecule has 2 amide bonds. The highest BCUT2D eigenvalue weighted by Gasteiger charge is 2.09. The molecule has 122 valence electrons. The van der Waals surface area contributed by atoms with E-state index in [0.29, 0.717) is 23.4 Å². The van der Waals surface area contributed by atoms with Gasteiger partial charge in [0.2, 0.25) is 17.7 Å². The van der Waals surface area contributed by atoms with Crippen LogP contribution in [-0.2, 0) is 0 Å². The molecule has 0 aliphatic heterocycles. The minimum Gasteiger partial charge on any atom is -0.481 e. The van der Waals surface area contributed by atoms with Gasteiger partial charge in [0.1, 0.15) is 0 Å². The Morgan fingerprint density at radius 1 is 1.00 bits per heavy atom. The minimum atomic E-state index is -0.447. The maximum atomic E-state index is 12.0. The third-order valence-electron chi connectivity index (χ3n) is 3.16. The molecule has 2 N–H and O–H groups in total. The lowest BCUT2D eigenvalue weighted by Gasteiger charge is -2.10. The summed E-state index contributed by atoms with van der Waals surface area (Å²) in [6.07, 6.45) is 0. The molecule has 7 nitrogen and oxygen atoms in total. The van der Waals surface area contributed by atoms with Gasteiger partial charge in [-0.1, -0.05) is 26.0 Å². The van der Waals surface area contributed by atoms with Gasteiger partial charge in [-0.2, -0.15) is 9.97 Å². The van der Waals surface area contributed by atoms with E-state index in [-0.39, 0.29) is 5.95 Å². The van der Waals surface area contributed by atoms with E-state index < -0.39 is 6.03 Å². The molecular weight excluding hydrogens is 296 g/mol. The minimum absolute atomic E-state index is 0.0949. The van der Waals surface area contributed by atoms with Gasteiger partial charge in [-0.15, -0.1) is 0 Å². The first-order chi connectivity index (χ1) is 11.0. The summed E-state index contributed by atoms with van der Waals surface area (Å²) in [5.41, 5.74) is 1.89. The summed E-state index contributed by atoms with van der Waals surface area (Å²) in [4.78, 5) is 20.1. The van der Waals surface area contributed by atoms with Crippen LogP contribution in [0.1, 0.15) is 25.3 Å². The van der Waals surface area contributed by atoms with E-state index in [1.807, 2.05) is 24.3 Å². The number of benzene rings is 1. The monoisotopic (exact) mass is 316 g/mol. The Bertz CT molecular complexity index is 649. The quantitative estimate of drug-likeness (QED) is 0.884. The SMILES string of the molecule is COc1cc(OC)nc(NC(=O)Nc2ccc(C(C)C)cc2)n1. The predicted molar refractivity (Wildman–Crippen MR) is 88.3 cm³/mol. The number of nitrogens with one attached hydrogen (secondary N) is 2. The Labute approximate surface area is 135 Å². The second kappa shape index (κ2) is 7.44. The first-order valence-corrected chi connectivity index (χ1v) is 7.17. The van der Waals surface area contributed by atoms with Crippen molar-refractivity contribution in [3.05, 3.63) is 35.9 Å². The smallest absolute Gasteiger partial charge is 0.326 e. The third kappa shape index (κ3) is 4.57. The number of amides is 2. The van der Waals surface area contributed by atoms with Crippen LogP contribution in [0.2, 0.25) is 0 Å². The summed E-state index contributed by atoms with van der Waals surface area (Å²) >= 11 is 0. The molecule has 0 saturated heterocycles. The number of ether oxygens (including phenoxy) is 2. The van der Waals surface area contributed by atoms with E-state index in [2.05, 4.69) is 34.4 Å². The van der Waals surface area contributed by atoms with Crippen LogP contribution in [0.3, 0.4) is 0 Å². The van der Waals surface area contributed by atoms with Crippen molar-refractivity contribution < 1.29 is 14.3 Å². The Morgan fingerprint density at radius 3 is 2.04 bits per heavy atom. The first-order valence-electron chi connectivity index (χ1n) is 7.17. The number of carbonyl (C=O) groups excluding carboxylic acids is 1. The molecule has 1 heterocycles. The maximum absolute atomic E-state index is 12.0. The number of hydrogen-bond donors (Lipinski definition) is 2. The Morgan fingerprint density at radius 2 is 1.57 bits per heavy atom. The van der Waals surface area contributed by atoms with E-state index in [4.69, 9.17) is 9.47 Å². The van der Waals surface area contributed by atoms with Crippen molar-refractivity contribution in [2.75, 3.05) is 24.9 Å². The summed E-state index contributed by atoms with van der Waals surface area (Å²) in [5.74, 6) is 1.13. The van der Waals surface area contributed by atoms with Crippen LogP contribution in [0.25, 0.3) is 0 Å². The first kappa shape index (κ1) is 16.5. The van der Waals surface area contributed by atoms with Crippen molar-refractivity contribution in [3.8, 4) is 11.8 Å². The molecular formula is C16H20N4O3. The summed E-state index contributed by atoms with van der Waals surface area (Å²) in [6.45, 7) is 4.23. The number of urea groups is 1. The van der Waals surface area contributed by atoms with Crippen LogP contribution in [0.5, 0.6) is 11.8 Å². The van der Waals surface area contributed by atoms with E-state index in [1.165, 1.54) is 25.8 Å². The Balaban J connectivity index is 2.04. The number of hydrogen-bond acceptors (Lipinski definition) is 5. The zero-order chi connectivity index (χ0) is 16.8. The number of carbonyl (C=O) groups is 1. The van der Waals surface area contributed by atoms with Crippen molar-refractivity contribution in [2.45, 2.75) is 19.8 Å². The highest BCUT2D eigenvalue weighted by Crippen LogP contribution is 2.19. The molecule has 2 aromatic rings. The van der Waals surface area contributed by atoms with Gasteiger partial charge < -0.3 is 14.8 Å². The van der Waals surface area contributed by atoms with Crippen molar-refractivity contribution in [1.29, 1.82) is 0 Å². The van der Waals surface area contributed by atoms with Crippen LogP contribution >= 0.6 is 0 Å². The fraction of sp³-hybridized carbons (Fsp3) is 0.312. The largest absolute Gasteiger partial charge is 0.481 e. The van der Waals surface area contributed by atoms with Crippen LogP contribution < -0.4 is 20.1 Å². The summed E-state index contributed by atoms with van der Waals surface area (Å²) in [5, 5.41) is 5.26. The Hall–Kier alpha value is -2.83. The van der Waals surface area contributed by atoms with Crippen molar-refractivity contribution in [3.63, 3.8) is 0 Å². The molecule has 0 radical (unpaired) electrons. The Kier molecular flexibility index (Phi) is 5.35. The topological polar surface area (TPSA) is 85.4 Å². The number of rotatable bonds is 5. The molecule has 0 unspecified atom stereocenters. The summed E-state index contributed by atoms with van der Waals surface area (Å²) in [7, 11) is 2.95. The van der Waals surface area contributed by atoms with Crippen LogP contribution in [0.15, 0.2) is 30.3 Å². The van der Waals surface area contributed by atoms with Crippen LogP contribution in [0, 0.1) is 0 Å². The molecule has 0 saturated carbocycles. The van der Waals surface area contributed by atoms with Gasteiger partial charge in [-0.05, 0) is 23.6 Å². The maximum Gasteiger partial charge on any atom is 0.326 e. The van der Waals surface area contributed by atoms with E-state index in [1.54, 1.807) is 0 Å². The lowest BCUT2D eigenvalue weighted by Crippen LogP contribution is -2.21. The summed E-state index contributed by atoms with van der Waals surface area (Å²) < 4.78 is 10.1. The molecule has 0 spiro atoms. The fourth-order valence-electron chi connectivity index (χ4n) is 1.88. The predicted octanol–water partition coefficient (Wildman–Crippen LogP) is 3.26. The number of methoxy groups -OCH3 is 2. The van der Waals surface area contributed by atoms with Gasteiger partial charge in [0.15, 0.2) is 0 Å². The van der Waals surface area contributed by atoms with E-state index >= 15 is 0 Å². The molecule has 2 rings (SSSR count). The average molecular weight is 316 g/mol. The number of nitrogens with zero attached hydrogens (tertiary/aromatic N) is 2. The van der Waals surface area contributed by atoms with Crippen LogP contribution in [0.4, 0.5) is 16.4 Å². The van der Waals surface area contributed by atoms with Crippen LogP contribution in [-0.4, -0.2) is 30.2 Å². The van der Waals surface area contributed by atoms with Gasteiger partial charge in [0, 0.05) is 5.69 Å². The van der Waals surface area contributed by atoms with Gasteiger partial charge in [-0.3, -0.25) is 5.32 Å². The molecule has 0 atom stereocenters. The molecule has 1 aromatic heterocycles. The zero-order valence-electron chi connectivity index (χ0n) is 13.6. The second-order valence-corrected chi connectivity index (χ2v) is 5.13. The highest BCUT2D eigenvalue weighted by atomic mass is 16.5. The molecule has 0 fully saturated rings. The van der Waals surface area contributed by atoms with Gasteiger partial charge >= 0.3 is 6.03 Å². The molecule has 0 aliphatic carbocycles.